The highest BCUT2D eigenvalue weighted by Gasteiger charge is 2.37. The number of imidazole rings is 1. The van der Waals surface area contributed by atoms with Gasteiger partial charge in [-0.15, -0.1) is 0 Å². The van der Waals surface area contributed by atoms with E-state index in [-0.39, 0.29) is 5.41 Å². The first-order valence-corrected chi connectivity index (χ1v) is 18.7. The van der Waals surface area contributed by atoms with Crippen molar-refractivity contribution in [2.75, 3.05) is 4.90 Å². The van der Waals surface area contributed by atoms with E-state index in [0.29, 0.717) is 17.5 Å². The van der Waals surface area contributed by atoms with Gasteiger partial charge in [-0.2, -0.15) is 0 Å². The summed E-state index contributed by atoms with van der Waals surface area (Å²) in [6.45, 7) is 4.65. The predicted molar refractivity (Wildman–Crippen MR) is 222 cm³/mol. The molecule has 0 saturated heterocycles. The summed E-state index contributed by atoms with van der Waals surface area (Å²) in [5.74, 6) is 2.83. The van der Waals surface area contributed by atoms with Crippen molar-refractivity contribution in [2.45, 2.75) is 19.3 Å². The first kappa shape index (κ1) is 31.4. The highest BCUT2D eigenvalue weighted by atomic mass is 15.3. The van der Waals surface area contributed by atoms with E-state index in [1.807, 2.05) is 60.7 Å². The smallest absolute Gasteiger partial charge is 0.220 e. The third kappa shape index (κ3) is 4.81. The Morgan fingerprint density at radius 2 is 0.945 bits per heavy atom. The van der Waals surface area contributed by atoms with Crippen molar-refractivity contribution in [3.63, 3.8) is 0 Å². The van der Waals surface area contributed by atoms with Crippen molar-refractivity contribution in [1.29, 1.82) is 0 Å². The van der Waals surface area contributed by atoms with Crippen molar-refractivity contribution in [3.8, 4) is 62.1 Å². The Bertz CT molecular complexity index is 2910. The van der Waals surface area contributed by atoms with Gasteiger partial charge < -0.3 is 0 Å². The number of anilines is 3. The summed E-state index contributed by atoms with van der Waals surface area (Å²) in [4.78, 5) is 22.7. The number of para-hydroxylation sites is 4. The van der Waals surface area contributed by atoms with Crippen LogP contribution >= 0.6 is 0 Å². The van der Waals surface area contributed by atoms with E-state index in [1.54, 1.807) is 0 Å². The molecule has 0 saturated carbocycles. The molecule has 7 aromatic carbocycles. The lowest BCUT2D eigenvalue weighted by Crippen LogP contribution is -2.18. The van der Waals surface area contributed by atoms with E-state index in [2.05, 4.69) is 133 Å². The lowest BCUT2D eigenvalue weighted by molar-refractivity contribution is 0.660. The number of hydrogen-bond acceptors (Lipinski definition) is 5. The molecule has 3 heterocycles. The Hall–Kier alpha value is -7.18. The molecule has 1 aliphatic heterocycles. The second kappa shape index (κ2) is 11.9. The lowest BCUT2D eigenvalue weighted by Gasteiger charge is -2.27. The van der Waals surface area contributed by atoms with Crippen LogP contribution in [0.3, 0.4) is 0 Å². The van der Waals surface area contributed by atoms with E-state index < -0.39 is 0 Å². The van der Waals surface area contributed by atoms with E-state index in [9.17, 15) is 0 Å². The van der Waals surface area contributed by atoms with E-state index in [4.69, 9.17) is 19.9 Å². The van der Waals surface area contributed by atoms with Gasteiger partial charge in [-0.3, -0.25) is 9.47 Å². The first-order valence-electron chi connectivity index (χ1n) is 18.7. The molecule has 260 valence electrons. The van der Waals surface area contributed by atoms with Gasteiger partial charge in [-0.05, 0) is 64.7 Å². The Labute approximate surface area is 319 Å². The molecule has 6 heteroatoms. The van der Waals surface area contributed by atoms with Gasteiger partial charge in [0.25, 0.3) is 0 Å². The maximum atomic E-state index is 5.31. The highest BCUT2D eigenvalue weighted by molar-refractivity contribution is 5.97. The van der Waals surface area contributed by atoms with Crippen molar-refractivity contribution < 1.29 is 0 Å². The van der Waals surface area contributed by atoms with Gasteiger partial charge in [0.2, 0.25) is 5.95 Å². The third-order valence-electron chi connectivity index (χ3n) is 11.2. The van der Waals surface area contributed by atoms with Gasteiger partial charge in [0.05, 0.1) is 22.4 Å². The highest BCUT2D eigenvalue weighted by Crippen LogP contribution is 2.53. The summed E-state index contributed by atoms with van der Waals surface area (Å²) < 4.78 is 2.31. The summed E-state index contributed by atoms with van der Waals surface area (Å²) in [6.07, 6.45) is 0. The van der Waals surface area contributed by atoms with Crippen LogP contribution in [0.1, 0.15) is 25.0 Å². The number of rotatable bonds is 4. The number of benzene rings is 7. The molecule has 0 atom stereocenters. The van der Waals surface area contributed by atoms with Crippen LogP contribution < -0.4 is 4.90 Å². The van der Waals surface area contributed by atoms with Crippen LogP contribution in [0.5, 0.6) is 0 Å². The van der Waals surface area contributed by atoms with E-state index in [1.165, 1.54) is 33.4 Å². The van der Waals surface area contributed by atoms with Crippen LogP contribution in [0, 0.1) is 0 Å². The molecule has 11 rings (SSSR count). The minimum absolute atomic E-state index is 0.303. The number of aromatic nitrogens is 5. The zero-order valence-electron chi connectivity index (χ0n) is 30.3. The Kier molecular flexibility index (Phi) is 6.79. The summed E-state index contributed by atoms with van der Waals surface area (Å²) in [5.41, 5.74) is 15.2. The standard InChI is InChI=1S/C49H34N6/c1-49(2)39-29-33(47-52-45(31-15-5-3-6-16-31)51-46(53-47)32-17-7-4-8-18-32)25-27-35(39)36-28-26-34(30-40(36)49)54-42-22-12-9-19-37(42)38-20-10-13-23-43(38)55-44-24-14-11-21-41(44)50-48(54)55/h3-30H,1-2H3. The van der Waals surface area contributed by atoms with Gasteiger partial charge in [0.1, 0.15) is 0 Å². The quantitative estimate of drug-likeness (QED) is 0.182. The van der Waals surface area contributed by atoms with Crippen LogP contribution in [0.25, 0.3) is 73.1 Å². The fourth-order valence-electron chi connectivity index (χ4n) is 8.50. The molecule has 55 heavy (non-hydrogen) atoms. The molecule has 0 amide bonds. The average molecular weight is 707 g/mol. The summed E-state index contributed by atoms with van der Waals surface area (Å²) >= 11 is 0. The fraction of sp³-hybridized carbons (Fsp3) is 0.0612. The van der Waals surface area contributed by atoms with Crippen LogP contribution in [-0.2, 0) is 5.41 Å². The summed E-state index contributed by atoms with van der Waals surface area (Å²) in [7, 11) is 0. The molecule has 1 aliphatic carbocycles. The minimum Gasteiger partial charge on any atom is -0.280 e. The second-order valence-electron chi connectivity index (χ2n) is 14.8. The van der Waals surface area contributed by atoms with Gasteiger partial charge in [-0.25, -0.2) is 19.9 Å². The molecule has 0 N–H and O–H groups in total. The number of fused-ring (bicyclic) bond motifs is 10. The second-order valence-corrected chi connectivity index (χ2v) is 14.8. The summed E-state index contributed by atoms with van der Waals surface area (Å²) in [5, 5.41) is 0. The maximum absolute atomic E-state index is 5.31. The largest absolute Gasteiger partial charge is 0.280 e. The number of nitrogens with zero attached hydrogens (tertiary/aromatic N) is 6. The molecular weight excluding hydrogens is 673 g/mol. The van der Waals surface area contributed by atoms with Crippen molar-refractivity contribution >= 4 is 28.4 Å². The molecule has 0 bridgehead atoms. The van der Waals surface area contributed by atoms with Gasteiger partial charge in [-0.1, -0.05) is 141 Å². The maximum Gasteiger partial charge on any atom is 0.220 e. The van der Waals surface area contributed by atoms with Crippen molar-refractivity contribution in [3.05, 3.63) is 181 Å². The van der Waals surface area contributed by atoms with Crippen LogP contribution in [0.4, 0.5) is 17.3 Å². The van der Waals surface area contributed by atoms with Gasteiger partial charge >= 0.3 is 0 Å². The zero-order chi connectivity index (χ0) is 36.7. The first-order chi connectivity index (χ1) is 27.0. The third-order valence-corrected chi connectivity index (χ3v) is 11.2. The van der Waals surface area contributed by atoms with Crippen molar-refractivity contribution in [1.82, 2.24) is 24.5 Å². The number of hydrogen-bond donors (Lipinski definition) is 0. The van der Waals surface area contributed by atoms with Crippen molar-refractivity contribution in [2.24, 2.45) is 0 Å². The fourth-order valence-corrected chi connectivity index (χ4v) is 8.50. The van der Waals surface area contributed by atoms with Crippen LogP contribution in [0.15, 0.2) is 170 Å². The average Bonchev–Trinajstić information content (AvgIpc) is 3.68. The van der Waals surface area contributed by atoms with E-state index in [0.717, 1.165) is 50.7 Å². The molecule has 0 fully saturated rings. The molecule has 0 unspecified atom stereocenters. The SMILES string of the molecule is CC1(C)c2cc(-c3nc(-c4ccccc4)nc(-c4ccccc4)n3)ccc2-c2ccc(N3c4ccccc4-c4ccccc4-n4c3nc3ccccc34)cc21. The molecular formula is C49H34N6. The molecule has 6 nitrogen and oxygen atoms in total. The predicted octanol–water partition coefficient (Wildman–Crippen LogP) is 12.0. The van der Waals surface area contributed by atoms with Crippen LogP contribution in [-0.4, -0.2) is 24.5 Å². The molecule has 0 spiro atoms. The molecule has 2 aliphatic rings. The Balaban J connectivity index is 1.06. The monoisotopic (exact) mass is 706 g/mol. The normalized spacial score (nSPS) is 13.4. The Morgan fingerprint density at radius 1 is 0.418 bits per heavy atom. The molecule has 2 aromatic heterocycles. The van der Waals surface area contributed by atoms with Gasteiger partial charge in [0, 0.05) is 38.9 Å². The molecule has 9 aromatic rings. The molecule has 0 radical (unpaired) electrons. The lowest BCUT2D eigenvalue weighted by atomic mass is 9.81. The zero-order valence-corrected chi connectivity index (χ0v) is 30.3. The Morgan fingerprint density at radius 3 is 1.64 bits per heavy atom. The van der Waals surface area contributed by atoms with E-state index >= 15 is 0 Å². The van der Waals surface area contributed by atoms with Gasteiger partial charge in [0.15, 0.2) is 17.5 Å². The minimum atomic E-state index is -0.303. The van der Waals surface area contributed by atoms with Crippen LogP contribution in [0.2, 0.25) is 0 Å². The topological polar surface area (TPSA) is 59.7 Å². The summed E-state index contributed by atoms with van der Waals surface area (Å²) in [6, 6.07) is 59.6.